The predicted molar refractivity (Wildman–Crippen MR) is 59.8 cm³/mol. The van der Waals surface area contributed by atoms with Crippen LogP contribution in [0.2, 0.25) is 0 Å². The molecule has 0 atom stereocenters. The first-order chi connectivity index (χ1) is 6.61. The van der Waals surface area contributed by atoms with Crippen LogP contribution in [-0.4, -0.2) is 74.4 Å². The Bertz CT molecular complexity index is 146. The van der Waals surface area contributed by atoms with Crippen molar-refractivity contribution in [1.29, 1.82) is 0 Å². The molecule has 1 aliphatic heterocycles. The summed E-state index contributed by atoms with van der Waals surface area (Å²) in [7, 11) is 8.65. The Hall–Kier alpha value is -0.160. The molecule has 0 aromatic heterocycles. The van der Waals surface area contributed by atoms with Crippen molar-refractivity contribution in [3.05, 3.63) is 0 Å². The van der Waals surface area contributed by atoms with Gasteiger partial charge in [0.2, 0.25) is 0 Å². The van der Waals surface area contributed by atoms with Crippen molar-refractivity contribution in [2.75, 3.05) is 54.4 Å². The quantitative estimate of drug-likeness (QED) is 0.559. The van der Waals surface area contributed by atoms with Crippen molar-refractivity contribution in [3.63, 3.8) is 0 Å². The van der Waals surface area contributed by atoms with Crippen molar-refractivity contribution in [2.24, 2.45) is 0 Å². The third kappa shape index (κ3) is 3.53. The van der Waals surface area contributed by atoms with Crippen molar-refractivity contribution in [2.45, 2.75) is 12.8 Å². The monoisotopic (exact) mass is 200 g/mol. The molecule has 0 N–H and O–H groups in total. The maximum atomic E-state index is 2.42. The van der Waals surface area contributed by atoms with E-state index < -0.39 is 0 Å². The molecule has 1 fully saturated rings. The van der Waals surface area contributed by atoms with Gasteiger partial charge in [0, 0.05) is 34.2 Å². The van der Waals surface area contributed by atoms with Gasteiger partial charge in [-0.05, 0) is 33.0 Å². The molecule has 0 radical (unpaired) electrons. The van der Waals surface area contributed by atoms with Gasteiger partial charge in [-0.2, -0.15) is 5.12 Å². The average Bonchev–Trinajstić information content (AvgIpc) is 2.15. The maximum absolute atomic E-state index is 2.42. The smallest absolute Gasteiger partial charge is 0.0179 e. The number of hydrazine groups is 2. The fraction of sp³-hybridized carbons (Fsp3) is 1.00. The highest BCUT2D eigenvalue weighted by molar-refractivity contribution is 4.58. The second-order valence-corrected chi connectivity index (χ2v) is 4.26. The van der Waals surface area contributed by atoms with E-state index in [0.29, 0.717) is 0 Å². The van der Waals surface area contributed by atoms with Gasteiger partial charge in [0.25, 0.3) is 0 Å². The molecule has 0 bridgehead atoms. The van der Waals surface area contributed by atoms with Gasteiger partial charge in [0.1, 0.15) is 0 Å². The molecule has 1 heterocycles. The minimum atomic E-state index is 1.13. The highest BCUT2D eigenvalue weighted by Crippen LogP contribution is 2.02. The van der Waals surface area contributed by atoms with Crippen LogP contribution in [0.1, 0.15) is 12.8 Å². The van der Waals surface area contributed by atoms with Gasteiger partial charge in [0.15, 0.2) is 0 Å². The Morgan fingerprint density at radius 3 is 1.50 bits per heavy atom. The van der Waals surface area contributed by atoms with E-state index in [2.05, 4.69) is 48.2 Å². The first kappa shape index (κ1) is 11.9. The third-order valence-electron chi connectivity index (χ3n) is 3.03. The molecule has 1 saturated heterocycles. The highest BCUT2D eigenvalue weighted by atomic mass is 15.8. The summed E-state index contributed by atoms with van der Waals surface area (Å²) >= 11 is 0. The van der Waals surface area contributed by atoms with Gasteiger partial charge in [-0.3, -0.25) is 0 Å². The van der Waals surface area contributed by atoms with Gasteiger partial charge < -0.3 is 4.90 Å². The summed E-state index contributed by atoms with van der Waals surface area (Å²) in [6.45, 7) is 4.68. The lowest BCUT2D eigenvalue weighted by Crippen LogP contribution is -2.49. The van der Waals surface area contributed by atoms with Crippen LogP contribution in [0.5, 0.6) is 0 Å². The molecule has 0 aromatic carbocycles. The zero-order valence-electron chi connectivity index (χ0n) is 10.0. The normalized spacial score (nSPS) is 26.6. The van der Waals surface area contributed by atoms with Gasteiger partial charge in [0.05, 0.1) is 0 Å². The molecule has 0 aliphatic carbocycles. The number of nitrogens with zero attached hydrogens (tertiary/aromatic N) is 4. The summed E-state index contributed by atoms with van der Waals surface area (Å²) in [6, 6.07) is 0. The van der Waals surface area contributed by atoms with Crippen LogP contribution in [-0.2, 0) is 0 Å². The zero-order chi connectivity index (χ0) is 10.6. The topological polar surface area (TPSA) is 13.0 Å². The minimum absolute atomic E-state index is 1.13. The summed E-state index contributed by atoms with van der Waals surface area (Å²) in [4.78, 5) is 2.42. The van der Waals surface area contributed by atoms with Crippen LogP contribution in [0.4, 0.5) is 0 Å². The summed E-state index contributed by atoms with van der Waals surface area (Å²) in [5.41, 5.74) is 0. The summed E-state index contributed by atoms with van der Waals surface area (Å²) in [5, 5.41) is 6.77. The summed E-state index contributed by atoms with van der Waals surface area (Å²) < 4.78 is 0. The lowest BCUT2D eigenvalue weighted by atomic mass is 10.3. The zero-order valence-corrected chi connectivity index (χ0v) is 10.0. The van der Waals surface area contributed by atoms with E-state index in [1.54, 1.807) is 0 Å². The van der Waals surface area contributed by atoms with Crippen molar-refractivity contribution in [1.82, 2.24) is 20.0 Å². The second kappa shape index (κ2) is 5.66. The molecule has 14 heavy (non-hydrogen) atoms. The summed E-state index contributed by atoms with van der Waals surface area (Å²) in [5.74, 6) is 0. The standard InChI is InChI=1S/C10H24N4/c1-11-7-5-9-12(2)14(4)13(3)10-6-8-11/h5-10H2,1-4H3. The molecule has 1 rings (SSSR count). The van der Waals surface area contributed by atoms with Crippen LogP contribution in [0.3, 0.4) is 0 Å². The molecule has 4 heteroatoms. The van der Waals surface area contributed by atoms with Crippen LogP contribution < -0.4 is 0 Å². The molecule has 0 amide bonds. The van der Waals surface area contributed by atoms with E-state index in [0.717, 1.165) is 13.1 Å². The van der Waals surface area contributed by atoms with Gasteiger partial charge in [-0.1, -0.05) is 0 Å². The Labute approximate surface area is 88.0 Å². The first-order valence-corrected chi connectivity index (χ1v) is 5.45. The lowest BCUT2D eigenvalue weighted by Gasteiger charge is -2.37. The van der Waals surface area contributed by atoms with Gasteiger partial charge in [-0.25, -0.2) is 10.0 Å². The molecular formula is C10H24N4. The number of hydrogen-bond acceptors (Lipinski definition) is 4. The van der Waals surface area contributed by atoms with Crippen molar-refractivity contribution < 1.29 is 0 Å². The SMILES string of the molecule is CN1CCCN(C)N(C)N(C)CCC1. The minimum Gasteiger partial charge on any atom is -0.306 e. The van der Waals surface area contributed by atoms with E-state index in [-0.39, 0.29) is 0 Å². The molecule has 0 saturated carbocycles. The van der Waals surface area contributed by atoms with Gasteiger partial charge in [-0.15, -0.1) is 0 Å². The molecule has 0 aromatic rings. The Morgan fingerprint density at radius 1 is 0.643 bits per heavy atom. The number of hydrogen-bond donors (Lipinski definition) is 0. The Balaban J connectivity index is 2.45. The van der Waals surface area contributed by atoms with Crippen LogP contribution in [0.25, 0.3) is 0 Å². The van der Waals surface area contributed by atoms with Crippen LogP contribution in [0, 0.1) is 0 Å². The largest absolute Gasteiger partial charge is 0.306 e. The first-order valence-electron chi connectivity index (χ1n) is 5.45. The van der Waals surface area contributed by atoms with Crippen molar-refractivity contribution >= 4 is 0 Å². The van der Waals surface area contributed by atoms with E-state index in [1.807, 2.05) is 0 Å². The molecule has 0 spiro atoms. The van der Waals surface area contributed by atoms with Gasteiger partial charge >= 0.3 is 0 Å². The molecule has 1 aliphatic rings. The molecular weight excluding hydrogens is 176 g/mol. The molecule has 84 valence electrons. The Morgan fingerprint density at radius 2 is 1.07 bits per heavy atom. The average molecular weight is 200 g/mol. The Kier molecular flexibility index (Phi) is 4.81. The van der Waals surface area contributed by atoms with Crippen LogP contribution >= 0.6 is 0 Å². The van der Waals surface area contributed by atoms with E-state index in [1.165, 1.54) is 25.9 Å². The molecule has 4 nitrogen and oxygen atoms in total. The third-order valence-corrected chi connectivity index (χ3v) is 3.03. The van der Waals surface area contributed by atoms with E-state index in [9.17, 15) is 0 Å². The predicted octanol–water partition coefficient (Wildman–Crippen LogP) is 0.337. The molecule has 0 unspecified atom stereocenters. The summed E-state index contributed by atoms with van der Waals surface area (Å²) in [6.07, 6.45) is 2.48. The number of rotatable bonds is 0. The fourth-order valence-corrected chi connectivity index (χ4v) is 1.80. The van der Waals surface area contributed by atoms with Crippen LogP contribution in [0.15, 0.2) is 0 Å². The highest BCUT2D eigenvalue weighted by Gasteiger charge is 2.13. The van der Waals surface area contributed by atoms with Crippen molar-refractivity contribution in [3.8, 4) is 0 Å². The van der Waals surface area contributed by atoms with E-state index in [4.69, 9.17) is 0 Å². The fourth-order valence-electron chi connectivity index (χ4n) is 1.80. The van der Waals surface area contributed by atoms with E-state index >= 15 is 0 Å². The maximum Gasteiger partial charge on any atom is 0.0179 e. The second-order valence-electron chi connectivity index (χ2n) is 4.26. The lowest BCUT2D eigenvalue weighted by molar-refractivity contribution is -0.142.